The Labute approximate surface area is 86.0 Å². The molecule has 0 saturated carbocycles. The lowest BCUT2D eigenvalue weighted by atomic mass is 10.1. The maximum Gasteiger partial charge on any atom is 0.407 e. The fourth-order valence-corrected chi connectivity index (χ4v) is 0.970. The zero-order valence-corrected chi connectivity index (χ0v) is 9.50. The van der Waals surface area contributed by atoms with Crippen LogP contribution in [0.15, 0.2) is 0 Å². The second-order valence-corrected chi connectivity index (χ2v) is 3.37. The van der Waals surface area contributed by atoms with E-state index in [1.807, 2.05) is 20.8 Å². The van der Waals surface area contributed by atoms with Gasteiger partial charge < -0.3 is 14.8 Å². The van der Waals surface area contributed by atoms with Gasteiger partial charge in [0.1, 0.15) is 0 Å². The van der Waals surface area contributed by atoms with Crippen molar-refractivity contribution in [1.82, 2.24) is 5.32 Å². The minimum absolute atomic E-state index is 0.0222. The number of ether oxygens (including phenoxy) is 2. The number of carbonyl (C=O) groups excluding carboxylic acids is 1. The molecule has 0 bridgehead atoms. The predicted octanol–water partition coefficient (Wildman–Crippen LogP) is 1.79. The topological polar surface area (TPSA) is 47.6 Å². The molecule has 0 rings (SSSR count). The van der Waals surface area contributed by atoms with Gasteiger partial charge in [0.05, 0.1) is 19.3 Å². The Kier molecular flexibility index (Phi) is 7.20. The van der Waals surface area contributed by atoms with Gasteiger partial charge in [-0.2, -0.15) is 0 Å². The standard InChI is InChI=1S/C10H21NO3/c1-5-13-7-9(8(3)4)11-10(12)14-6-2/h8-9H,5-7H2,1-4H3,(H,11,12). The van der Waals surface area contributed by atoms with E-state index in [2.05, 4.69) is 5.32 Å². The third kappa shape index (κ3) is 5.80. The van der Waals surface area contributed by atoms with Crippen molar-refractivity contribution in [2.75, 3.05) is 19.8 Å². The second kappa shape index (κ2) is 7.62. The monoisotopic (exact) mass is 203 g/mol. The molecule has 0 aliphatic carbocycles. The fourth-order valence-electron chi connectivity index (χ4n) is 0.970. The molecule has 1 amide bonds. The van der Waals surface area contributed by atoms with E-state index in [1.54, 1.807) is 6.92 Å². The van der Waals surface area contributed by atoms with Gasteiger partial charge in [-0.3, -0.25) is 0 Å². The Morgan fingerprint density at radius 2 is 1.93 bits per heavy atom. The first-order valence-electron chi connectivity index (χ1n) is 5.12. The summed E-state index contributed by atoms with van der Waals surface area (Å²) in [5.74, 6) is 0.339. The number of amides is 1. The summed E-state index contributed by atoms with van der Waals surface area (Å²) in [7, 11) is 0. The van der Waals surface area contributed by atoms with Crippen molar-refractivity contribution in [2.45, 2.75) is 33.7 Å². The molecule has 0 aromatic carbocycles. The van der Waals surface area contributed by atoms with Crippen LogP contribution in [-0.4, -0.2) is 32.0 Å². The molecule has 0 saturated heterocycles. The average molecular weight is 203 g/mol. The van der Waals surface area contributed by atoms with Crippen molar-refractivity contribution < 1.29 is 14.3 Å². The highest BCUT2D eigenvalue weighted by molar-refractivity contribution is 5.67. The molecule has 1 unspecified atom stereocenters. The van der Waals surface area contributed by atoms with Crippen LogP contribution in [0.2, 0.25) is 0 Å². The molecule has 0 aliphatic heterocycles. The van der Waals surface area contributed by atoms with Crippen LogP contribution in [0.1, 0.15) is 27.7 Å². The summed E-state index contributed by atoms with van der Waals surface area (Å²) in [5.41, 5.74) is 0. The van der Waals surface area contributed by atoms with Gasteiger partial charge in [0.25, 0.3) is 0 Å². The van der Waals surface area contributed by atoms with Crippen molar-refractivity contribution in [2.24, 2.45) is 5.92 Å². The van der Waals surface area contributed by atoms with Crippen LogP contribution < -0.4 is 5.32 Å². The smallest absolute Gasteiger partial charge is 0.407 e. The van der Waals surface area contributed by atoms with E-state index >= 15 is 0 Å². The molecule has 14 heavy (non-hydrogen) atoms. The van der Waals surface area contributed by atoms with E-state index in [4.69, 9.17) is 9.47 Å². The zero-order chi connectivity index (χ0) is 11.0. The van der Waals surface area contributed by atoms with Gasteiger partial charge >= 0.3 is 6.09 Å². The van der Waals surface area contributed by atoms with Gasteiger partial charge in [-0.15, -0.1) is 0 Å². The van der Waals surface area contributed by atoms with E-state index in [0.29, 0.717) is 25.7 Å². The quantitative estimate of drug-likeness (QED) is 0.716. The highest BCUT2D eigenvalue weighted by Crippen LogP contribution is 2.02. The average Bonchev–Trinajstić information content (AvgIpc) is 2.12. The summed E-state index contributed by atoms with van der Waals surface area (Å²) in [6.07, 6.45) is -0.370. The Morgan fingerprint density at radius 1 is 1.29 bits per heavy atom. The molecule has 1 atom stereocenters. The molecule has 0 radical (unpaired) electrons. The molecule has 0 aliphatic rings. The number of hydrogen-bond donors (Lipinski definition) is 1. The summed E-state index contributed by atoms with van der Waals surface area (Å²) in [6, 6.07) is 0.0222. The first kappa shape index (κ1) is 13.2. The van der Waals surface area contributed by atoms with Crippen LogP contribution in [-0.2, 0) is 9.47 Å². The lowest BCUT2D eigenvalue weighted by Gasteiger charge is -2.21. The molecule has 4 nitrogen and oxygen atoms in total. The van der Waals surface area contributed by atoms with Crippen molar-refractivity contribution in [3.05, 3.63) is 0 Å². The van der Waals surface area contributed by atoms with Crippen LogP contribution in [0.25, 0.3) is 0 Å². The van der Waals surface area contributed by atoms with Gasteiger partial charge in [0.2, 0.25) is 0 Å². The molecule has 0 aromatic rings. The van der Waals surface area contributed by atoms with Crippen LogP contribution in [0.3, 0.4) is 0 Å². The molecule has 0 heterocycles. The van der Waals surface area contributed by atoms with E-state index in [9.17, 15) is 4.79 Å². The summed E-state index contributed by atoms with van der Waals surface area (Å²) in [5, 5.41) is 2.77. The lowest BCUT2D eigenvalue weighted by Crippen LogP contribution is -2.42. The Morgan fingerprint density at radius 3 is 2.36 bits per heavy atom. The van der Waals surface area contributed by atoms with Crippen molar-refractivity contribution in [1.29, 1.82) is 0 Å². The van der Waals surface area contributed by atoms with Crippen LogP contribution in [0.5, 0.6) is 0 Å². The van der Waals surface area contributed by atoms with Crippen LogP contribution >= 0.6 is 0 Å². The van der Waals surface area contributed by atoms with E-state index in [-0.39, 0.29) is 12.1 Å². The van der Waals surface area contributed by atoms with E-state index in [0.717, 1.165) is 0 Å². The Bertz CT molecular complexity index is 159. The minimum Gasteiger partial charge on any atom is -0.450 e. The van der Waals surface area contributed by atoms with Crippen LogP contribution in [0, 0.1) is 5.92 Å². The lowest BCUT2D eigenvalue weighted by molar-refractivity contribution is 0.0966. The number of alkyl carbamates (subject to hydrolysis) is 1. The normalized spacial score (nSPS) is 12.6. The first-order valence-corrected chi connectivity index (χ1v) is 5.12. The summed E-state index contributed by atoms with van der Waals surface area (Å²) >= 11 is 0. The van der Waals surface area contributed by atoms with Gasteiger partial charge in [0.15, 0.2) is 0 Å². The highest BCUT2D eigenvalue weighted by Gasteiger charge is 2.16. The molecule has 0 fully saturated rings. The van der Waals surface area contributed by atoms with Crippen molar-refractivity contribution in [3.63, 3.8) is 0 Å². The number of nitrogens with one attached hydrogen (secondary N) is 1. The fraction of sp³-hybridized carbons (Fsp3) is 0.900. The summed E-state index contributed by atoms with van der Waals surface area (Å²) in [4.78, 5) is 11.1. The number of carbonyl (C=O) groups is 1. The van der Waals surface area contributed by atoms with E-state index < -0.39 is 0 Å². The minimum atomic E-state index is -0.370. The maximum atomic E-state index is 11.1. The summed E-state index contributed by atoms with van der Waals surface area (Å²) < 4.78 is 10.1. The van der Waals surface area contributed by atoms with Gasteiger partial charge in [-0.25, -0.2) is 4.79 Å². The molecule has 4 heteroatoms. The number of hydrogen-bond acceptors (Lipinski definition) is 3. The van der Waals surface area contributed by atoms with Gasteiger partial charge in [0, 0.05) is 6.61 Å². The predicted molar refractivity (Wildman–Crippen MR) is 55.3 cm³/mol. The molecular weight excluding hydrogens is 182 g/mol. The Balaban J connectivity index is 3.89. The first-order chi connectivity index (χ1) is 6.61. The molecule has 0 spiro atoms. The van der Waals surface area contributed by atoms with Crippen molar-refractivity contribution >= 4 is 6.09 Å². The highest BCUT2D eigenvalue weighted by atomic mass is 16.5. The molecule has 0 aromatic heterocycles. The second-order valence-electron chi connectivity index (χ2n) is 3.37. The largest absolute Gasteiger partial charge is 0.450 e. The molecular formula is C10H21NO3. The van der Waals surface area contributed by atoms with Gasteiger partial charge in [-0.1, -0.05) is 13.8 Å². The molecule has 84 valence electrons. The number of rotatable bonds is 6. The van der Waals surface area contributed by atoms with Crippen LogP contribution in [0.4, 0.5) is 4.79 Å². The zero-order valence-electron chi connectivity index (χ0n) is 9.50. The third-order valence-electron chi connectivity index (χ3n) is 1.88. The van der Waals surface area contributed by atoms with E-state index in [1.165, 1.54) is 0 Å². The SMILES string of the molecule is CCOCC(NC(=O)OCC)C(C)C. The van der Waals surface area contributed by atoms with Crippen molar-refractivity contribution in [3.8, 4) is 0 Å². The molecule has 1 N–H and O–H groups in total. The third-order valence-corrected chi connectivity index (χ3v) is 1.88. The Hall–Kier alpha value is -0.770. The maximum absolute atomic E-state index is 11.1. The van der Waals surface area contributed by atoms with Gasteiger partial charge in [-0.05, 0) is 19.8 Å². The summed E-state index contributed by atoms with van der Waals surface area (Å²) in [6.45, 7) is 9.38.